The van der Waals surface area contributed by atoms with Crippen molar-refractivity contribution in [3.63, 3.8) is 0 Å². The van der Waals surface area contributed by atoms with Crippen LogP contribution in [0.3, 0.4) is 0 Å². The average Bonchev–Trinajstić information content (AvgIpc) is 2.12. The Balaban J connectivity index is 5.17. The third-order valence-electron chi connectivity index (χ3n) is 1.23. The molecule has 0 rings (SSSR count). The van der Waals surface area contributed by atoms with E-state index in [9.17, 15) is 8.42 Å². The van der Waals surface area contributed by atoms with Gasteiger partial charge in [-0.2, -0.15) is 0 Å². The van der Waals surface area contributed by atoms with Crippen LogP contribution in [0.15, 0.2) is 60.4 Å². The summed E-state index contributed by atoms with van der Waals surface area (Å²) >= 11 is 0. The maximum absolute atomic E-state index is 11.3. The summed E-state index contributed by atoms with van der Waals surface area (Å²) in [6.07, 6.45) is 7.28. The van der Waals surface area contributed by atoms with Gasteiger partial charge in [-0.15, -0.1) is 0 Å². The highest BCUT2D eigenvalue weighted by molar-refractivity contribution is 7.98. The van der Waals surface area contributed by atoms with Gasteiger partial charge < -0.3 is 0 Å². The molecule has 0 spiro atoms. The van der Waals surface area contributed by atoms with E-state index in [1.807, 2.05) is 0 Å². The van der Waals surface area contributed by atoms with Crippen LogP contribution < -0.4 is 0 Å². The van der Waals surface area contributed by atoms with Gasteiger partial charge in [-0.25, -0.2) is 8.42 Å². The van der Waals surface area contributed by atoms with Gasteiger partial charge in [0.25, 0.3) is 0 Å². The smallest absolute Gasteiger partial charge is 0.199 e. The second-order valence-electron chi connectivity index (χ2n) is 2.11. The van der Waals surface area contributed by atoms with E-state index in [1.165, 1.54) is 30.4 Å². The molecule has 0 radical (unpaired) electrons. The van der Waals surface area contributed by atoms with E-state index >= 15 is 0 Å². The highest BCUT2D eigenvalue weighted by atomic mass is 32.2. The molecule has 0 N–H and O–H groups in total. The summed E-state index contributed by atoms with van der Waals surface area (Å²) in [4.78, 5) is 0.150. The number of rotatable bonds is 5. The highest BCUT2D eigenvalue weighted by Gasteiger charge is 2.08. The Morgan fingerprint density at radius 3 is 2.08 bits per heavy atom. The lowest BCUT2D eigenvalue weighted by Crippen LogP contribution is -1.96. The Morgan fingerprint density at radius 2 is 1.69 bits per heavy atom. The lowest BCUT2D eigenvalue weighted by molar-refractivity contribution is 0.611. The highest BCUT2D eigenvalue weighted by Crippen LogP contribution is 2.10. The molecule has 13 heavy (non-hydrogen) atoms. The second-order valence-corrected chi connectivity index (χ2v) is 4.01. The lowest BCUT2D eigenvalue weighted by Gasteiger charge is -1.96. The van der Waals surface area contributed by atoms with Crippen LogP contribution in [-0.2, 0) is 9.84 Å². The van der Waals surface area contributed by atoms with Gasteiger partial charge in [0.2, 0.25) is 0 Å². The summed E-state index contributed by atoms with van der Waals surface area (Å²) in [7, 11) is -3.38. The van der Waals surface area contributed by atoms with Crippen molar-refractivity contribution >= 4 is 9.84 Å². The van der Waals surface area contributed by atoms with Crippen LogP contribution in [0.2, 0.25) is 0 Å². The van der Waals surface area contributed by atoms with E-state index in [0.29, 0.717) is 0 Å². The van der Waals surface area contributed by atoms with Crippen LogP contribution in [0.5, 0.6) is 0 Å². The van der Waals surface area contributed by atoms with Gasteiger partial charge in [0.05, 0.1) is 4.91 Å². The third-order valence-corrected chi connectivity index (χ3v) is 2.59. The minimum atomic E-state index is -3.38. The maximum Gasteiger partial charge on any atom is 0.199 e. The van der Waals surface area contributed by atoms with Gasteiger partial charge in [0.15, 0.2) is 9.84 Å². The fourth-order valence-corrected chi connectivity index (χ4v) is 1.37. The molecule has 0 aliphatic rings. The lowest BCUT2D eigenvalue weighted by atomic mass is 10.4. The monoisotopic (exact) mass is 196 g/mol. The quantitative estimate of drug-likeness (QED) is 0.632. The summed E-state index contributed by atoms with van der Waals surface area (Å²) in [5, 5.41) is 0.899. The van der Waals surface area contributed by atoms with Crippen molar-refractivity contribution in [3.8, 4) is 0 Å². The Morgan fingerprint density at radius 1 is 1.08 bits per heavy atom. The predicted octanol–water partition coefficient (Wildman–Crippen LogP) is 2.36. The van der Waals surface area contributed by atoms with Gasteiger partial charge in [-0.1, -0.05) is 38.0 Å². The van der Waals surface area contributed by atoms with Crippen LogP contribution in [0.25, 0.3) is 0 Å². The normalized spacial score (nSPS) is 12.8. The molecule has 0 aliphatic heterocycles. The van der Waals surface area contributed by atoms with Crippen LogP contribution >= 0.6 is 0 Å². The third kappa shape index (κ3) is 3.71. The summed E-state index contributed by atoms with van der Waals surface area (Å²) in [6.45, 7) is 10.1. The molecular formula is C10H12O2S. The fourth-order valence-electron chi connectivity index (χ4n) is 0.620. The molecule has 0 aromatic heterocycles. The molecule has 0 aromatic carbocycles. The first-order chi connectivity index (χ1) is 6.08. The summed E-state index contributed by atoms with van der Waals surface area (Å²) in [5.41, 5.74) is 0. The molecule has 2 nitrogen and oxygen atoms in total. The van der Waals surface area contributed by atoms with Crippen LogP contribution in [0, 0.1) is 0 Å². The van der Waals surface area contributed by atoms with Gasteiger partial charge >= 0.3 is 0 Å². The molecule has 3 heteroatoms. The van der Waals surface area contributed by atoms with Crippen LogP contribution in [0.1, 0.15) is 0 Å². The first-order valence-corrected chi connectivity index (χ1v) is 5.12. The summed E-state index contributed by atoms with van der Waals surface area (Å²) in [6, 6.07) is 0. The standard InChI is InChI=1S/C10H12O2S/c1-4-7-9-10(8-5-2)13(11,12)6-3/h4-9H,1-3H2/b9-7-,10-8+. The minimum absolute atomic E-state index is 0.150. The van der Waals surface area contributed by atoms with E-state index in [4.69, 9.17) is 0 Å². The number of hydrogen-bond acceptors (Lipinski definition) is 2. The van der Waals surface area contributed by atoms with E-state index in [-0.39, 0.29) is 4.91 Å². The Hall–Kier alpha value is -1.35. The molecule has 0 aliphatic carbocycles. The fraction of sp³-hybridized carbons (Fsp3) is 0. The number of sulfone groups is 1. The van der Waals surface area contributed by atoms with Crippen molar-refractivity contribution in [2.24, 2.45) is 0 Å². The maximum atomic E-state index is 11.3. The zero-order valence-electron chi connectivity index (χ0n) is 7.31. The van der Waals surface area contributed by atoms with Gasteiger partial charge in [-0.05, 0) is 12.2 Å². The predicted molar refractivity (Wildman–Crippen MR) is 56.7 cm³/mol. The van der Waals surface area contributed by atoms with Crippen molar-refractivity contribution in [1.29, 1.82) is 0 Å². The topological polar surface area (TPSA) is 34.1 Å². The molecule has 0 atom stereocenters. The molecule has 70 valence electrons. The van der Waals surface area contributed by atoms with Gasteiger partial charge in [-0.3, -0.25) is 0 Å². The number of allylic oxidation sites excluding steroid dienone is 5. The Bertz CT molecular complexity index is 356. The molecule has 0 fully saturated rings. The Labute approximate surface area is 79.2 Å². The van der Waals surface area contributed by atoms with Crippen molar-refractivity contribution in [3.05, 3.63) is 60.4 Å². The second kappa shape index (κ2) is 5.32. The van der Waals surface area contributed by atoms with E-state index in [1.54, 1.807) is 0 Å². The summed E-state index contributed by atoms with van der Waals surface area (Å²) in [5.74, 6) is 0. The van der Waals surface area contributed by atoms with E-state index in [2.05, 4.69) is 19.7 Å². The van der Waals surface area contributed by atoms with E-state index in [0.717, 1.165) is 5.41 Å². The summed E-state index contributed by atoms with van der Waals surface area (Å²) < 4.78 is 22.6. The molecule has 0 amide bonds. The van der Waals surface area contributed by atoms with Gasteiger partial charge in [0, 0.05) is 5.41 Å². The first-order valence-electron chi connectivity index (χ1n) is 3.58. The van der Waals surface area contributed by atoms with Crippen LogP contribution in [-0.4, -0.2) is 8.42 Å². The molecule has 0 saturated heterocycles. The minimum Gasteiger partial charge on any atom is -0.219 e. The molecule has 0 bridgehead atoms. The number of hydrogen-bond donors (Lipinski definition) is 0. The Kier molecular flexibility index (Phi) is 4.77. The van der Waals surface area contributed by atoms with Gasteiger partial charge in [0.1, 0.15) is 0 Å². The molecule has 0 unspecified atom stereocenters. The van der Waals surface area contributed by atoms with Crippen molar-refractivity contribution < 1.29 is 8.42 Å². The average molecular weight is 196 g/mol. The molecule has 0 saturated carbocycles. The van der Waals surface area contributed by atoms with Crippen molar-refractivity contribution in [2.75, 3.05) is 0 Å². The van der Waals surface area contributed by atoms with Crippen molar-refractivity contribution in [2.45, 2.75) is 0 Å². The van der Waals surface area contributed by atoms with Crippen molar-refractivity contribution in [1.82, 2.24) is 0 Å². The molecule has 0 heterocycles. The van der Waals surface area contributed by atoms with E-state index < -0.39 is 9.84 Å². The van der Waals surface area contributed by atoms with Crippen LogP contribution in [0.4, 0.5) is 0 Å². The zero-order valence-corrected chi connectivity index (χ0v) is 8.13. The largest absolute Gasteiger partial charge is 0.219 e. The zero-order chi connectivity index (χ0) is 10.3. The molecule has 0 aromatic rings. The SMILES string of the molecule is C=C/C=C\C(=C/C=C)S(=O)(=O)C=C. The first kappa shape index (κ1) is 11.6. The molecular weight excluding hydrogens is 184 g/mol.